The molecule has 0 unspecified atom stereocenters. The van der Waals surface area contributed by atoms with Crippen molar-refractivity contribution >= 4 is 5.69 Å². The number of hydrogen-bond acceptors (Lipinski definition) is 5. The van der Waals surface area contributed by atoms with Gasteiger partial charge < -0.3 is 10.1 Å². The van der Waals surface area contributed by atoms with Gasteiger partial charge in [0.1, 0.15) is 5.75 Å². The molecule has 0 aliphatic heterocycles. The van der Waals surface area contributed by atoms with Gasteiger partial charge in [0.15, 0.2) is 5.82 Å². The van der Waals surface area contributed by atoms with Crippen LogP contribution < -0.4 is 10.1 Å². The molecule has 4 rings (SSSR count). The molecule has 3 aromatic rings. The molecule has 0 atom stereocenters. The van der Waals surface area contributed by atoms with Gasteiger partial charge in [0, 0.05) is 0 Å². The summed E-state index contributed by atoms with van der Waals surface area (Å²) in [6, 6.07) is 16.3. The summed E-state index contributed by atoms with van der Waals surface area (Å²) in [5.41, 5.74) is 2.85. The van der Waals surface area contributed by atoms with Gasteiger partial charge in [0.2, 0.25) is 0 Å². The largest absolute Gasteiger partial charge is 0.495 e. The molecule has 0 amide bonds. The lowest BCUT2D eigenvalue weighted by Crippen LogP contribution is -2.40. The van der Waals surface area contributed by atoms with E-state index >= 15 is 0 Å². The maximum atomic E-state index is 5.56. The number of methoxy groups -OCH3 is 1. The Balaban J connectivity index is 1.77. The van der Waals surface area contributed by atoms with Gasteiger partial charge in [0.05, 0.1) is 24.0 Å². The molecule has 6 heteroatoms. The minimum absolute atomic E-state index is 0.318. The third-order valence-electron chi connectivity index (χ3n) is 5.36. The summed E-state index contributed by atoms with van der Waals surface area (Å²) in [6.07, 6.45) is 5.49. The number of aromatic nitrogens is 4. The molecular weight excluding hydrogens is 338 g/mol. The molecule has 0 saturated heterocycles. The van der Waals surface area contributed by atoms with E-state index < -0.39 is 0 Å². The van der Waals surface area contributed by atoms with E-state index in [2.05, 4.69) is 58.1 Å². The maximum absolute atomic E-state index is 5.56. The Labute approximate surface area is 159 Å². The number of nitrogens with zero attached hydrogens (tertiary/aromatic N) is 4. The van der Waals surface area contributed by atoms with Crippen molar-refractivity contribution in [3.8, 4) is 11.4 Å². The van der Waals surface area contributed by atoms with E-state index in [1.165, 1.54) is 12.0 Å². The molecule has 1 aromatic heterocycles. The summed E-state index contributed by atoms with van der Waals surface area (Å²) in [5.74, 6) is 1.69. The average Bonchev–Trinajstić information content (AvgIpc) is 3.20. The summed E-state index contributed by atoms with van der Waals surface area (Å²) in [4.78, 5) is 0. The lowest BCUT2D eigenvalue weighted by molar-refractivity contribution is 0.308. The molecule has 1 aliphatic rings. The Bertz CT molecular complexity index is 897. The first-order valence-corrected chi connectivity index (χ1v) is 9.49. The van der Waals surface area contributed by atoms with E-state index in [9.17, 15) is 0 Å². The molecule has 1 N–H and O–H groups in total. The van der Waals surface area contributed by atoms with Crippen LogP contribution in [0.4, 0.5) is 5.69 Å². The minimum atomic E-state index is -0.318. The molecule has 1 aliphatic carbocycles. The zero-order valence-electron chi connectivity index (χ0n) is 15.9. The third-order valence-corrected chi connectivity index (χ3v) is 5.36. The van der Waals surface area contributed by atoms with Crippen molar-refractivity contribution in [1.29, 1.82) is 0 Å². The van der Waals surface area contributed by atoms with Crippen molar-refractivity contribution in [2.24, 2.45) is 0 Å². The maximum Gasteiger partial charge on any atom is 0.181 e. The topological polar surface area (TPSA) is 64.9 Å². The van der Waals surface area contributed by atoms with Crippen molar-refractivity contribution in [3.63, 3.8) is 0 Å². The van der Waals surface area contributed by atoms with E-state index in [1.807, 2.05) is 22.9 Å². The summed E-state index contributed by atoms with van der Waals surface area (Å²) in [7, 11) is 1.70. The van der Waals surface area contributed by atoms with Crippen LogP contribution in [-0.2, 0) is 5.54 Å². The highest BCUT2D eigenvalue weighted by Crippen LogP contribution is 2.41. The Kier molecular flexibility index (Phi) is 4.79. The highest BCUT2D eigenvalue weighted by atomic mass is 16.5. The molecule has 2 aromatic carbocycles. The Hall–Kier alpha value is -2.89. The van der Waals surface area contributed by atoms with E-state index in [-0.39, 0.29) is 5.54 Å². The van der Waals surface area contributed by atoms with Gasteiger partial charge >= 0.3 is 0 Å². The van der Waals surface area contributed by atoms with Gasteiger partial charge in [-0.1, -0.05) is 49.1 Å². The summed E-state index contributed by atoms with van der Waals surface area (Å²) >= 11 is 0. The van der Waals surface area contributed by atoms with Crippen LogP contribution >= 0.6 is 0 Å². The van der Waals surface area contributed by atoms with Crippen LogP contribution in [0.3, 0.4) is 0 Å². The molecule has 6 nitrogen and oxygen atoms in total. The first kappa shape index (κ1) is 17.5. The summed E-state index contributed by atoms with van der Waals surface area (Å²) < 4.78 is 7.42. The standard InChI is InChI=1S/C21H25N5O/c1-16-10-12-17(13-11-16)26-20(23-24-25-26)21(14-6-3-7-15-21)22-18-8-4-5-9-19(18)27-2/h4-5,8-13,22H,3,6-7,14-15H2,1-2H3. The predicted octanol–water partition coefficient (Wildman–Crippen LogP) is 4.25. The second kappa shape index (κ2) is 7.39. The summed E-state index contributed by atoms with van der Waals surface area (Å²) in [5, 5.41) is 16.5. The van der Waals surface area contributed by atoms with Crippen LogP contribution in [0.25, 0.3) is 5.69 Å². The number of hydrogen-bond donors (Lipinski definition) is 1. The molecule has 27 heavy (non-hydrogen) atoms. The average molecular weight is 363 g/mol. The number of nitrogens with one attached hydrogen (secondary N) is 1. The molecule has 140 valence electrons. The number of ether oxygens (including phenoxy) is 1. The lowest BCUT2D eigenvalue weighted by Gasteiger charge is -2.38. The zero-order chi connectivity index (χ0) is 18.7. The SMILES string of the molecule is COc1ccccc1NC1(c2nnnn2-c2ccc(C)cc2)CCCCC1. The van der Waals surface area contributed by atoms with Crippen molar-refractivity contribution in [3.05, 3.63) is 59.9 Å². The van der Waals surface area contributed by atoms with Gasteiger partial charge in [-0.2, -0.15) is 4.68 Å². The van der Waals surface area contributed by atoms with Crippen molar-refractivity contribution in [1.82, 2.24) is 20.2 Å². The molecule has 1 heterocycles. The van der Waals surface area contributed by atoms with Gasteiger partial charge in [0.25, 0.3) is 0 Å². The first-order valence-electron chi connectivity index (χ1n) is 9.49. The van der Waals surface area contributed by atoms with Crippen LogP contribution in [0.15, 0.2) is 48.5 Å². The third kappa shape index (κ3) is 3.39. The fraction of sp³-hybridized carbons (Fsp3) is 0.381. The van der Waals surface area contributed by atoms with Crippen LogP contribution in [0.1, 0.15) is 43.5 Å². The molecule has 0 radical (unpaired) electrons. The van der Waals surface area contributed by atoms with Gasteiger partial charge in [-0.25, -0.2) is 0 Å². The van der Waals surface area contributed by atoms with Crippen molar-refractivity contribution in [2.45, 2.75) is 44.6 Å². The zero-order valence-corrected chi connectivity index (χ0v) is 15.9. The predicted molar refractivity (Wildman–Crippen MR) is 105 cm³/mol. The monoisotopic (exact) mass is 363 g/mol. The number of benzene rings is 2. The highest BCUT2D eigenvalue weighted by Gasteiger charge is 2.39. The summed E-state index contributed by atoms with van der Waals surface area (Å²) in [6.45, 7) is 2.08. The van der Waals surface area contributed by atoms with Crippen LogP contribution in [0.5, 0.6) is 5.75 Å². The minimum Gasteiger partial charge on any atom is -0.495 e. The molecule has 0 bridgehead atoms. The highest BCUT2D eigenvalue weighted by molar-refractivity contribution is 5.58. The number of rotatable bonds is 5. The second-order valence-electron chi connectivity index (χ2n) is 7.22. The fourth-order valence-corrected chi connectivity index (χ4v) is 3.91. The smallest absolute Gasteiger partial charge is 0.181 e. The van der Waals surface area contributed by atoms with E-state index in [0.29, 0.717) is 0 Å². The van der Waals surface area contributed by atoms with Crippen LogP contribution in [-0.4, -0.2) is 27.3 Å². The molecule has 1 fully saturated rings. The van der Waals surface area contributed by atoms with E-state index in [0.717, 1.165) is 48.6 Å². The van der Waals surface area contributed by atoms with Crippen molar-refractivity contribution < 1.29 is 4.74 Å². The second-order valence-corrected chi connectivity index (χ2v) is 7.22. The van der Waals surface area contributed by atoms with Gasteiger partial charge in [-0.05, 0) is 54.5 Å². The van der Waals surface area contributed by atoms with Crippen molar-refractivity contribution in [2.75, 3.05) is 12.4 Å². The molecular formula is C21H25N5O. The number of para-hydroxylation sites is 2. The first-order chi connectivity index (χ1) is 13.2. The van der Waals surface area contributed by atoms with Gasteiger partial charge in [-0.15, -0.1) is 5.10 Å². The normalized spacial score (nSPS) is 16.1. The number of aryl methyl sites for hydroxylation is 1. The molecule has 0 spiro atoms. The Morgan fingerprint density at radius 3 is 2.48 bits per heavy atom. The lowest BCUT2D eigenvalue weighted by atomic mass is 9.80. The van der Waals surface area contributed by atoms with E-state index in [4.69, 9.17) is 4.74 Å². The van der Waals surface area contributed by atoms with Gasteiger partial charge in [-0.3, -0.25) is 0 Å². The van der Waals surface area contributed by atoms with Crippen LogP contribution in [0, 0.1) is 6.92 Å². The Morgan fingerprint density at radius 1 is 1.00 bits per heavy atom. The van der Waals surface area contributed by atoms with Crippen LogP contribution in [0.2, 0.25) is 0 Å². The fourth-order valence-electron chi connectivity index (χ4n) is 3.91. The number of tetrazole rings is 1. The Morgan fingerprint density at radius 2 is 1.74 bits per heavy atom. The quantitative estimate of drug-likeness (QED) is 0.734. The number of anilines is 1. The molecule has 1 saturated carbocycles. The van der Waals surface area contributed by atoms with E-state index in [1.54, 1.807) is 7.11 Å².